The minimum absolute atomic E-state index is 0.0302. The lowest BCUT2D eigenvalue weighted by Crippen LogP contribution is -2.13. The summed E-state index contributed by atoms with van der Waals surface area (Å²) in [5, 5.41) is 20.2. The number of carbonyl (C=O) groups excluding carboxylic acids is 1. The first-order valence-corrected chi connectivity index (χ1v) is 8.22. The molecule has 2 N–H and O–H groups in total. The van der Waals surface area contributed by atoms with Crippen molar-refractivity contribution in [1.29, 1.82) is 0 Å². The van der Waals surface area contributed by atoms with Crippen LogP contribution in [0.1, 0.15) is 22.2 Å². The lowest BCUT2D eigenvalue weighted by Gasteiger charge is -2.09. The largest absolute Gasteiger partial charge is 0.386 e. The van der Waals surface area contributed by atoms with Crippen LogP contribution in [0.4, 0.5) is 10.1 Å². The predicted octanol–water partition coefficient (Wildman–Crippen LogP) is 3.17. The molecule has 0 spiro atoms. The third-order valence-corrected chi connectivity index (χ3v) is 3.99. The molecule has 0 saturated heterocycles. The number of rotatable bonds is 5. The Hall–Kier alpha value is -2.58. The molecular formula is C17H14BrFN4O2. The van der Waals surface area contributed by atoms with E-state index in [4.69, 9.17) is 0 Å². The predicted molar refractivity (Wildman–Crippen MR) is 93.5 cm³/mol. The summed E-state index contributed by atoms with van der Waals surface area (Å²) in [4.78, 5) is 12.2. The first-order chi connectivity index (χ1) is 12.0. The second-order valence-corrected chi connectivity index (χ2v) is 6.25. The van der Waals surface area contributed by atoms with Crippen LogP contribution in [0.25, 0.3) is 0 Å². The van der Waals surface area contributed by atoms with Crippen molar-refractivity contribution in [3.8, 4) is 0 Å². The van der Waals surface area contributed by atoms with Crippen LogP contribution in [-0.4, -0.2) is 26.0 Å². The van der Waals surface area contributed by atoms with Crippen LogP contribution in [0.3, 0.4) is 0 Å². The fourth-order valence-electron chi connectivity index (χ4n) is 2.23. The van der Waals surface area contributed by atoms with Gasteiger partial charge >= 0.3 is 0 Å². The first-order valence-electron chi connectivity index (χ1n) is 7.42. The average molecular weight is 405 g/mol. The van der Waals surface area contributed by atoms with Crippen molar-refractivity contribution in [3.05, 3.63) is 76.3 Å². The summed E-state index contributed by atoms with van der Waals surface area (Å²) in [5.74, 6) is -1.14. The first kappa shape index (κ1) is 17.2. The third-order valence-electron chi connectivity index (χ3n) is 3.49. The second kappa shape index (κ2) is 7.54. The van der Waals surface area contributed by atoms with Gasteiger partial charge in [0.25, 0.3) is 5.91 Å². The molecule has 3 aromatic rings. The van der Waals surface area contributed by atoms with Gasteiger partial charge < -0.3 is 10.4 Å². The van der Waals surface area contributed by atoms with Crippen molar-refractivity contribution in [2.75, 3.05) is 5.32 Å². The molecule has 1 atom stereocenters. The van der Waals surface area contributed by atoms with E-state index in [0.717, 1.165) is 5.56 Å². The summed E-state index contributed by atoms with van der Waals surface area (Å²) in [6.07, 6.45) is 0.626. The summed E-state index contributed by atoms with van der Waals surface area (Å²) < 4.78 is 15.7. The van der Waals surface area contributed by atoms with E-state index in [-0.39, 0.29) is 17.9 Å². The minimum Gasteiger partial charge on any atom is -0.386 e. The Morgan fingerprint density at radius 3 is 2.76 bits per heavy atom. The number of anilines is 1. The molecule has 0 aliphatic rings. The number of nitrogens with zero attached hydrogens (tertiary/aromatic N) is 3. The van der Waals surface area contributed by atoms with Crippen LogP contribution in [-0.2, 0) is 6.54 Å². The molecular weight excluding hydrogens is 391 g/mol. The number of nitrogens with one attached hydrogen (secondary N) is 1. The molecule has 0 aliphatic carbocycles. The number of benzene rings is 2. The molecule has 0 radical (unpaired) electrons. The highest BCUT2D eigenvalue weighted by atomic mass is 79.9. The smallest absolute Gasteiger partial charge is 0.277 e. The fourth-order valence-corrected chi connectivity index (χ4v) is 2.56. The Bertz CT molecular complexity index is 885. The van der Waals surface area contributed by atoms with E-state index in [0.29, 0.717) is 4.47 Å². The van der Waals surface area contributed by atoms with Crippen molar-refractivity contribution in [2.45, 2.75) is 12.6 Å². The zero-order chi connectivity index (χ0) is 17.8. The molecule has 1 heterocycles. The fraction of sp³-hybridized carbons (Fsp3) is 0.118. The standard InChI is InChI=1S/C17H14BrFN4O2/c18-12-6-7-14(13(19)8-12)20-17(25)15-9-23(22-21-15)10-16(24)11-4-2-1-3-5-11/h1-9,16,24H,10H2,(H,20,25)/t16-/m1/s1. The van der Waals surface area contributed by atoms with Crippen LogP contribution in [0, 0.1) is 5.82 Å². The van der Waals surface area contributed by atoms with Crippen molar-refractivity contribution in [2.24, 2.45) is 0 Å². The quantitative estimate of drug-likeness (QED) is 0.684. The molecule has 1 aromatic heterocycles. The minimum atomic E-state index is -0.775. The van der Waals surface area contributed by atoms with E-state index < -0.39 is 17.8 Å². The summed E-state index contributed by atoms with van der Waals surface area (Å²) in [6, 6.07) is 13.4. The van der Waals surface area contributed by atoms with Crippen LogP contribution in [0.2, 0.25) is 0 Å². The summed E-state index contributed by atoms with van der Waals surface area (Å²) >= 11 is 3.15. The number of amides is 1. The molecule has 0 saturated carbocycles. The van der Waals surface area contributed by atoms with Gasteiger partial charge in [-0.3, -0.25) is 4.79 Å². The summed E-state index contributed by atoms with van der Waals surface area (Å²) in [6.45, 7) is 0.150. The van der Waals surface area contributed by atoms with E-state index >= 15 is 0 Å². The van der Waals surface area contributed by atoms with E-state index in [1.54, 1.807) is 18.2 Å². The van der Waals surface area contributed by atoms with Gasteiger partial charge in [-0.1, -0.05) is 51.5 Å². The molecule has 128 valence electrons. The van der Waals surface area contributed by atoms with Crippen LogP contribution < -0.4 is 5.32 Å². The lowest BCUT2D eigenvalue weighted by atomic mass is 10.1. The maximum Gasteiger partial charge on any atom is 0.277 e. The van der Waals surface area contributed by atoms with Crippen LogP contribution in [0.15, 0.2) is 59.2 Å². The van der Waals surface area contributed by atoms with Crippen molar-refractivity contribution < 1.29 is 14.3 Å². The molecule has 3 rings (SSSR count). The van der Waals surface area contributed by atoms with E-state index in [2.05, 4.69) is 31.6 Å². The molecule has 0 unspecified atom stereocenters. The zero-order valence-electron chi connectivity index (χ0n) is 12.9. The van der Waals surface area contributed by atoms with Gasteiger partial charge in [-0.25, -0.2) is 9.07 Å². The number of halogens is 2. The summed E-state index contributed by atoms with van der Waals surface area (Å²) in [5.41, 5.74) is 0.815. The van der Waals surface area contributed by atoms with E-state index in [1.165, 1.54) is 23.0 Å². The molecule has 0 aliphatic heterocycles. The SMILES string of the molecule is O=C(Nc1ccc(Br)cc1F)c1cn(C[C@@H](O)c2ccccc2)nn1. The molecule has 8 heteroatoms. The van der Waals surface area contributed by atoms with Gasteiger partial charge in [-0.05, 0) is 23.8 Å². The Labute approximate surface area is 151 Å². The number of aliphatic hydroxyl groups is 1. The topological polar surface area (TPSA) is 80.0 Å². The average Bonchev–Trinajstić information content (AvgIpc) is 3.07. The molecule has 6 nitrogen and oxygen atoms in total. The summed E-state index contributed by atoms with van der Waals surface area (Å²) in [7, 11) is 0. The van der Waals surface area contributed by atoms with Crippen LogP contribution >= 0.6 is 15.9 Å². The molecule has 1 amide bonds. The number of aromatic nitrogens is 3. The lowest BCUT2D eigenvalue weighted by molar-refractivity contribution is 0.102. The number of carbonyl (C=O) groups is 1. The number of hydrogen-bond acceptors (Lipinski definition) is 4. The Morgan fingerprint density at radius 2 is 2.04 bits per heavy atom. The van der Waals surface area contributed by atoms with Gasteiger partial charge in [0.1, 0.15) is 5.82 Å². The Morgan fingerprint density at radius 1 is 1.28 bits per heavy atom. The van der Waals surface area contributed by atoms with Gasteiger partial charge in [0.2, 0.25) is 0 Å². The molecule has 2 aromatic carbocycles. The normalized spacial score (nSPS) is 12.0. The maximum absolute atomic E-state index is 13.8. The number of hydrogen-bond donors (Lipinski definition) is 2. The third kappa shape index (κ3) is 4.28. The van der Waals surface area contributed by atoms with Crippen molar-refractivity contribution in [3.63, 3.8) is 0 Å². The Kier molecular flexibility index (Phi) is 5.20. The van der Waals surface area contributed by atoms with Gasteiger partial charge in [0, 0.05) is 4.47 Å². The molecule has 0 bridgehead atoms. The monoisotopic (exact) mass is 404 g/mol. The van der Waals surface area contributed by atoms with Crippen molar-refractivity contribution >= 4 is 27.5 Å². The maximum atomic E-state index is 13.8. The molecule has 0 fully saturated rings. The highest BCUT2D eigenvalue weighted by Gasteiger charge is 2.15. The van der Waals surface area contributed by atoms with Gasteiger partial charge in [-0.2, -0.15) is 0 Å². The van der Waals surface area contributed by atoms with Gasteiger partial charge in [0.05, 0.1) is 24.5 Å². The van der Waals surface area contributed by atoms with Crippen molar-refractivity contribution in [1.82, 2.24) is 15.0 Å². The highest BCUT2D eigenvalue weighted by Crippen LogP contribution is 2.20. The zero-order valence-corrected chi connectivity index (χ0v) is 14.5. The van der Waals surface area contributed by atoms with Crippen LogP contribution in [0.5, 0.6) is 0 Å². The van der Waals surface area contributed by atoms with E-state index in [9.17, 15) is 14.3 Å². The Balaban J connectivity index is 1.67. The van der Waals surface area contributed by atoms with E-state index in [1.807, 2.05) is 18.2 Å². The van der Waals surface area contributed by atoms with Gasteiger partial charge in [0.15, 0.2) is 5.69 Å². The molecule has 25 heavy (non-hydrogen) atoms. The second-order valence-electron chi connectivity index (χ2n) is 5.33. The van der Waals surface area contributed by atoms with Gasteiger partial charge in [-0.15, -0.1) is 5.10 Å². The highest BCUT2D eigenvalue weighted by molar-refractivity contribution is 9.10. The number of aliphatic hydroxyl groups excluding tert-OH is 1.